The second-order valence-corrected chi connectivity index (χ2v) is 11.2. The van der Waals surface area contributed by atoms with Gasteiger partial charge in [0.25, 0.3) is 5.91 Å². The van der Waals surface area contributed by atoms with Crippen molar-refractivity contribution in [2.75, 3.05) is 24.7 Å². The fraction of sp³-hybridized carbons (Fsp3) is 0.385. The summed E-state index contributed by atoms with van der Waals surface area (Å²) in [6.45, 7) is 0.541. The van der Waals surface area contributed by atoms with Crippen LogP contribution >= 0.6 is 0 Å². The molecule has 35 heavy (non-hydrogen) atoms. The van der Waals surface area contributed by atoms with Crippen molar-refractivity contribution in [2.45, 2.75) is 43.0 Å². The molecule has 0 spiro atoms. The van der Waals surface area contributed by atoms with E-state index in [9.17, 15) is 26.8 Å². The van der Waals surface area contributed by atoms with Crippen LogP contribution in [0.15, 0.2) is 53.4 Å². The van der Waals surface area contributed by atoms with Gasteiger partial charge in [-0.3, -0.25) is 9.59 Å². The van der Waals surface area contributed by atoms with Crippen LogP contribution in [0.5, 0.6) is 0 Å². The van der Waals surface area contributed by atoms with Crippen LogP contribution in [0, 0.1) is 17.6 Å². The number of hydrogen-bond donors (Lipinski definition) is 1. The number of carbonyl (C=O) groups excluding carboxylic acids is 2. The molecule has 0 bridgehead atoms. The first-order valence-corrected chi connectivity index (χ1v) is 13.6. The Kier molecular flexibility index (Phi) is 7.35. The van der Waals surface area contributed by atoms with E-state index in [2.05, 4.69) is 17.5 Å². The number of nitrogens with zero attached hydrogens (tertiary/aromatic N) is 1. The number of rotatable bonds is 6. The van der Waals surface area contributed by atoms with Gasteiger partial charge in [0, 0.05) is 43.1 Å². The molecule has 1 amide bonds. The highest BCUT2D eigenvalue weighted by atomic mass is 32.2. The van der Waals surface area contributed by atoms with E-state index in [-0.39, 0.29) is 41.1 Å². The molecule has 2 aromatic carbocycles. The molecule has 1 N–H and O–H groups in total. The molecule has 1 heterocycles. The van der Waals surface area contributed by atoms with E-state index in [0.717, 1.165) is 37.7 Å². The Morgan fingerprint density at radius 1 is 0.971 bits per heavy atom. The van der Waals surface area contributed by atoms with E-state index >= 15 is 0 Å². The van der Waals surface area contributed by atoms with Gasteiger partial charge in [0.15, 0.2) is 15.6 Å². The van der Waals surface area contributed by atoms with Crippen LogP contribution in [0.3, 0.4) is 0 Å². The smallest absolute Gasteiger partial charge is 0.255 e. The third-order valence-electron chi connectivity index (χ3n) is 6.63. The van der Waals surface area contributed by atoms with E-state index in [1.165, 1.54) is 12.1 Å². The zero-order valence-corrected chi connectivity index (χ0v) is 20.3. The van der Waals surface area contributed by atoms with Crippen molar-refractivity contribution in [3.05, 3.63) is 71.3 Å². The Balaban J connectivity index is 1.51. The number of ketones is 1. The number of anilines is 1. The molecule has 1 aliphatic carbocycles. The quantitative estimate of drug-likeness (QED) is 0.460. The monoisotopic (exact) mass is 502 g/mol. The number of halogens is 2. The number of benzene rings is 2. The van der Waals surface area contributed by atoms with E-state index in [1.54, 1.807) is 11.0 Å². The largest absolute Gasteiger partial charge is 0.381 e. The summed E-state index contributed by atoms with van der Waals surface area (Å²) in [5.74, 6) is -2.83. The topological polar surface area (TPSA) is 83.6 Å². The predicted octanol–water partition coefficient (Wildman–Crippen LogP) is 4.62. The number of allylic oxidation sites excluding steroid dienone is 1. The maximum absolute atomic E-state index is 14.1. The molecule has 2 aromatic rings. The summed E-state index contributed by atoms with van der Waals surface area (Å²) in [7, 11) is -3.51. The van der Waals surface area contributed by atoms with Crippen LogP contribution < -0.4 is 5.32 Å². The Hall–Kier alpha value is -3.07. The van der Waals surface area contributed by atoms with E-state index in [1.807, 2.05) is 0 Å². The molecule has 2 aliphatic rings. The third kappa shape index (κ3) is 5.78. The molecular weight excluding hydrogens is 474 g/mol. The van der Waals surface area contributed by atoms with Gasteiger partial charge in [0.05, 0.1) is 16.0 Å². The van der Waals surface area contributed by atoms with Crippen molar-refractivity contribution in [1.82, 2.24) is 4.90 Å². The average molecular weight is 503 g/mol. The third-order valence-corrected chi connectivity index (χ3v) is 7.74. The standard InChI is InChI=1S/C26H28F2N2O4S/c1-35(33,34)20-8-10-24(29-19-5-3-2-4-6-19)22(16-20)26(32)30-13-11-17(12-14-30)25(31)21-9-7-18(27)15-23(21)28/h2-3,7-10,15-17,19,29H,4-6,11-14H2,1H3. The van der Waals surface area contributed by atoms with Crippen molar-refractivity contribution in [2.24, 2.45) is 5.92 Å². The minimum atomic E-state index is -3.51. The summed E-state index contributed by atoms with van der Waals surface area (Å²) >= 11 is 0. The van der Waals surface area contributed by atoms with Gasteiger partial charge in [-0.25, -0.2) is 17.2 Å². The Bertz CT molecular complexity index is 1270. The SMILES string of the molecule is CS(=O)(=O)c1ccc(NC2CC=CCC2)c(C(=O)N2CCC(C(=O)c3ccc(F)cc3F)CC2)c1. The van der Waals surface area contributed by atoms with Crippen LogP contribution in [-0.2, 0) is 9.84 Å². The van der Waals surface area contributed by atoms with Crippen molar-refractivity contribution in [1.29, 1.82) is 0 Å². The van der Waals surface area contributed by atoms with Crippen molar-refractivity contribution < 1.29 is 26.8 Å². The first-order chi connectivity index (χ1) is 16.6. The maximum atomic E-state index is 14.1. The molecule has 186 valence electrons. The summed E-state index contributed by atoms with van der Waals surface area (Å²) in [4.78, 5) is 27.9. The first-order valence-electron chi connectivity index (χ1n) is 11.7. The molecule has 1 unspecified atom stereocenters. The molecule has 0 aromatic heterocycles. The highest BCUT2D eigenvalue weighted by Gasteiger charge is 2.31. The van der Waals surface area contributed by atoms with Gasteiger partial charge < -0.3 is 10.2 Å². The van der Waals surface area contributed by atoms with Crippen LogP contribution in [0.1, 0.15) is 52.8 Å². The fourth-order valence-electron chi connectivity index (χ4n) is 4.63. The minimum Gasteiger partial charge on any atom is -0.381 e. The average Bonchev–Trinajstić information content (AvgIpc) is 2.83. The van der Waals surface area contributed by atoms with Crippen LogP contribution in [0.25, 0.3) is 0 Å². The lowest BCUT2D eigenvalue weighted by Crippen LogP contribution is -2.40. The van der Waals surface area contributed by atoms with Crippen molar-refractivity contribution in [3.8, 4) is 0 Å². The first kappa shape index (κ1) is 25.0. The molecule has 6 nitrogen and oxygen atoms in total. The number of nitrogens with one attached hydrogen (secondary N) is 1. The summed E-state index contributed by atoms with van der Waals surface area (Å²) in [6, 6.07) is 7.58. The number of likely N-dealkylation sites (tertiary alicyclic amines) is 1. The second-order valence-electron chi connectivity index (χ2n) is 9.16. The normalized spacial score (nSPS) is 18.9. The van der Waals surface area contributed by atoms with Crippen molar-refractivity contribution >= 4 is 27.2 Å². The van der Waals surface area contributed by atoms with E-state index in [0.29, 0.717) is 24.6 Å². The van der Waals surface area contributed by atoms with Crippen LogP contribution in [0.2, 0.25) is 0 Å². The molecule has 1 aliphatic heterocycles. The van der Waals surface area contributed by atoms with Gasteiger partial charge in [-0.1, -0.05) is 12.2 Å². The molecule has 0 saturated carbocycles. The van der Waals surface area contributed by atoms with Gasteiger partial charge >= 0.3 is 0 Å². The number of Topliss-reactive ketones (excluding diaryl/α,β-unsaturated/α-hetero) is 1. The summed E-state index contributed by atoms with van der Waals surface area (Å²) < 4.78 is 51.5. The summed E-state index contributed by atoms with van der Waals surface area (Å²) in [5, 5.41) is 3.39. The van der Waals surface area contributed by atoms with Gasteiger partial charge in [-0.15, -0.1) is 0 Å². The Morgan fingerprint density at radius 2 is 1.71 bits per heavy atom. The van der Waals surface area contributed by atoms with Crippen LogP contribution in [-0.4, -0.2) is 50.4 Å². The van der Waals surface area contributed by atoms with Gasteiger partial charge in [-0.05, 0) is 62.4 Å². The number of sulfone groups is 1. The molecule has 1 fully saturated rings. The number of piperidine rings is 1. The number of hydrogen-bond acceptors (Lipinski definition) is 5. The number of carbonyl (C=O) groups is 2. The maximum Gasteiger partial charge on any atom is 0.255 e. The number of amides is 1. The molecule has 0 radical (unpaired) electrons. The second kappa shape index (κ2) is 10.3. The molecule has 4 rings (SSSR count). The van der Waals surface area contributed by atoms with Crippen LogP contribution in [0.4, 0.5) is 14.5 Å². The van der Waals surface area contributed by atoms with Gasteiger partial charge in [0.2, 0.25) is 0 Å². The Morgan fingerprint density at radius 3 is 2.34 bits per heavy atom. The van der Waals surface area contributed by atoms with Gasteiger partial charge in [-0.2, -0.15) is 0 Å². The predicted molar refractivity (Wildman–Crippen MR) is 129 cm³/mol. The molecule has 1 atom stereocenters. The lowest BCUT2D eigenvalue weighted by Gasteiger charge is -2.32. The molecular formula is C26H28F2N2O4S. The highest BCUT2D eigenvalue weighted by molar-refractivity contribution is 7.90. The summed E-state index contributed by atoms with van der Waals surface area (Å²) in [6.07, 6.45) is 8.62. The highest BCUT2D eigenvalue weighted by Crippen LogP contribution is 2.29. The zero-order valence-electron chi connectivity index (χ0n) is 19.5. The molecule has 1 saturated heterocycles. The minimum absolute atomic E-state index is 0.0618. The van der Waals surface area contributed by atoms with E-state index in [4.69, 9.17) is 0 Å². The van der Waals surface area contributed by atoms with E-state index < -0.39 is 33.2 Å². The van der Waals surface area contributed by atoms with Gasteiger partial charge in [0.1, 0.15) is 11.6 Å². The molecule has 9 heteroatoms. The van der Waals surface area contributed by atoms with Crippen molar-refractivity contribution in [3.63, 3.8) is 0 Å². The lowest BCUT2D eigenvalue weighted by molar-refractivity contribution is 0.0649. The summed E-state index contributed by atoms with van der Waals surface area (Å²) in [5.41, 5.74) is 0.705. The lowest BCUT2D eigenvalue weighted by atomic mass is 9.88. The Labute approximate surface area is 203 Å². The zero-order chi connectivity index (χ0) is 25.2. The fourth-order valence-corrected chi connectivity index (χ4v) is 5.27.